The van der Waals surface area contributed by atoms with Gasteiger partial charge in [0.15, 0.2) is 0 Å². The van der Waals surface area contributed by atoms with Crippen LogP contribution in [0.4, 0.5) is 0 Å². The van der Waals surface area contributed by atoms with Crippen molar-refractivity contribution in [3.05, 3.63) is 0 Å². The van der Waals surface area contributed by atoms with Gasteiger partial charge in [0.05, 0.1) is 0 Å². The summed E-state index contributed by atoms with van der Waals surface area (Å²) in [5.74, 6) is 0. The summed E-state index contributed by atoms with van der Waals surface area (Å²) in [4.78, 5) is 0. The molecule has 0 N–H and O–H groups in total. The zero-order valence-electron chi connectivity index (χ0n) is 13.9. The molecule has 0 unspecified atom stereocenters. The van der Waals surface area contributed by atoms with Crippen molar-refractivity contribution >= 4 is 28.4 Å². The normalized spacial score (nSPS) is 12.9. The zero-order valence-corrected chi connectivity index (χ0v) is 16.7. The molecule has 0 aromatic heterocycles. The standard InChI is InChI=1S/C14H34O2SSi2/c1-7-15-18(9-3,10-4)13-17-14-19(11-5,12-6)16-8-2/h7-14H2,1-6H3. The van der Waals surface area contributed by atoms with Crippen molar-refractivity contribution in [1.29, 1.82) is 0 Å². The van der Waals surface area contributed by atoms with Crippen LogP contribution in [0, 0.1) is 0 Å². The largest absolute Gasteiger partial charge is 0.416 e. The molecule has 0 radical (unpaired) electrons. The fourth-order valence-corrected chi connectivity index (χ4v) is 13.7. The van der Waals surface area contributed by atoms with E-state index >= 15 is 0 Å². The molecule has 19 heavy (non-hydrogen) atoms. The Morgan fingerprint density at radius 3 is 1.16 bits per heavy atom. The first-order chi connectivity index (χ1) is 9.07. The first-order valence-electron chi connectivity index (χ1n) is 7.93. The van der Waals surface area contributed by atoms with E-state index in [1.54, 1.807) is 0 Å². The maximum absolute atomic E-state index is 6.16. The highest BCUT2D eigenvalue weighted by Gasteiger charge is 2.34. The molecule has 0 saturated heterocycles. The quantitative estimate of drug-likeness (QED) is 0.479. The Morgan fingerprint density at radius 1 is 0.632 bits per heavy atom. The highest BCUT2D eigenvalue weighted by atomic mass is 32.2. The van der Waals surface area contributed by atoms with E-state index in [2.05, 4.69) is 53.3 Å². The molecule has 0 amide bonds. The fraction of sp³-hybridized carbons (Fsp3) is 1.00. The van der Waals surface area contributed by atoms with Crippen LogP contribution < -0.4 is 0 Å². The van der Waals surface area contributed by atoms with Crippen LogP contribution in [0.3, 0.4) is 0 Å². The van der Waals surface area contributed by atoms with Crippen LogP contribution in [-0.2, 0) is 8.85 Å². The van der Waals surface area contributed by atoms with E-state index < -0.39 is 16.6 Å². The summed E-state index contributed by atoms with van der Waals surface area (Å²) in [6.45, 7) is 15.2. The minimum absolute atomic E-state index is 0.879. The summed E-state index contributed by atoms with van der Waals surface area (Å²) in [5.41, 5.74) is 0. The Kier molecular flexibility index (Phi) is 10.8. The molecule has 0 aliphatic heterocycles. The number of hydrogen-bond donors (Lipinski definition) is 0. The lowest BCUT2D eigenvalue weighted by atomic mass is 10.9. The van der Waals surface area contributed by atoms with Gasteiger partial charge in [0, 0.05) is 24.0 Å². The molecule has 2 nitrogen and oxygen atoms in total. The van der Waals surface area contributed by atoms with E-state index in [0.29, 0.717) is 0 Å². The molecule has 0 aromatic carbocycles. The molecule has 0 rings (SSSR count). The highest BCUT2D eigenvalue weighted by molar-refractivity contribution is 8.02. The molecule has 0 spiro atoms. The van der Waals surface area contributed by atoms with Gasteiger partial charge >= 0.3 is 0 Å². The third-order valence-corrected chi connectivity index (χ3v) is 17.0. The molecule has 5 heteroatoms. The molecule has 0 fully saturated rings. The summed E-state index contributed by atoms with van der Waals surface area (Å²) < 4.78 is 12.3. The third kappa shape index (κ3) is 6.33. The van der Waals surface area contributed by atoms with E-state index in [1.165, 1.54) is 34.9 Å². The third-order valence-electron chi connectivity index (χ3n) is 4.21. The molecule has 0 aromatic rings. The number of rotatable bonds is 12. The predicted octanol–water partition coefficient (Wildman–Crippen LogP) is 4.84. The van der Waals surface area contributed by atoms with Crippen molar-refractivity contribution in [2.24, 2.45) is 0 Å². The van der Waals surface area contributed by atoms with Gasteiger partial charge in [-0.1, -0.05) is 27.7 Å². The Bertz CT molecular complexity index is 197. The Morgan fingerprint density at radius 2 is 0.947 bits per heavy atom. The van der Waals surface area contributed by atoms with Crippen LogP contribution in [-0.4, -0.2) is 40.6 Å². The smallest absolute Gasteiger partial charge is 0.201 e. The van der Waals surface area contributed by atoms with Gasteiger partial charge in [-0.05, 0) is 38.0 Å². The number of thioether (sulfide) groups is 1. The first-order valence-corrected chi connectivity index (χ1v) is 14.1. The molecule has 0 saturated carbocycles. The Labute approximate surface area is 127 Å². The van der Waals surface area contributed by atoms with Crippen molar-refractivity contribution < 1.29 is 8.85 Å². The summed E-state index contributed by atoms with van der Waals surface area (Å²) >= 11 is 2.12. The number of hydrogen-bond acceptors (Lipinski definition) is 3. The average molecular weight is 323 g/mol. The summed E-state index contributed by atoms with van der Waals surface area (Å²) in [7, 11) is -2.92. The zero-order chi connectivity index (χ0) is 14.8. The van der Waals surface area contributed by atoms with Crippen molar-refractivity contribution in [2.75, 3.05) is 24.0 Å². The van der Waals surface area contributed by atoms with Crippen molar-refractivity contribution in [3.8, 4) is 0 Å². The fourth-order valence-electron chi connectivity index (χ4n) is 2.44. The van der Waals surface area contributed by atoms with Gasteiger partial charge in [0.1, 0.15) is 0 Å². The van der Waals surface area contributed by atoms with Gasteiger partial charge < -0.3 is 8.85 Å². The van der Waals surface area contributed by atoms with E-state index in [-0.39, 0.29) is 0 Å². The second-order valence-corrected chi connectivity index (χ2v) is 16.0. The van der Waals surface area contributed by atoms with Crippen LogP contribution in [0.1, 0.15) is 41.5 Å². The van der Waals surface area contributed by atoms with Crippen LogP contribution in [0.25, 0.3) is 0 Å². The Balaban J connectivity index is 4.43. The molecule has 0 aliphatic rings. The summed E-state index contributed by atoms with van der Waals surface area (Å²) in [6, 6.07) is 4.97. The van der Waals surface area contributed by atoms with E-state index in [4.69, 9.17) is 8.85 Å². The minimum atomic E-state index is -1.46. The topological polar surface area (TPSA) is 18.5 Å². The van der Waals surface area contributed by atoms with Gasteiger partial charge in [-0.2, -0.15) is 11.8 Å². The van der Waals surface area contributed by atoms with E-state index in [1.807, 2.05) is 0 Å². The SMILES string of the molecule is CCO[Si](CC)(CC)CSC[Si](CC)(CC)OCC. The van der Waals surface area contributed by atoms with Crippen molar-refractivity contribution in [1.82, 2.24) is 0 Å². The second-order valence-electron chi connectivity index (χ2n) is 5.14. The molecule has 0 atom stereocenters. The van der Waals surface area contributed by atoms with Gasteiger partial charge in [0.2, 0.25) is 16.6 Å². The van der Waals surface area contributed by atoms with Gasteiger partial charge in [-0.25, -0.2) is 0 Å². The Hall–Kier alpha value is 0.704. The van der Waals surface area contributed by atoms with Crippen LogP contribution >= 0.6 is 11.8 Å². The summed E-state index contributed by atoms with van der Waals surface area (Å²) in [5, 5.41) is 2.49. The second kappa shape index (κ2) is 10.4. The van der Waals surface area contributed by atoms with Gasteiger partial charge in [0.25, 0.3) is 0 Å². The predicted molar refractivity (Wildman–Crippen MR) is 94.0 cm³/mol. The van der Waals surface area contributed by atoms with Crippen LogP contribution in [0.2, 0.25) is 24.2 Å². The van der Waals surface area contributed by atoms with Gasteiger partial charge in [-0.3, -0.25) is 0 Å². The molecule has 0 bridgehead atoms. The van der Waals surface area contributed by atoms with Crippen molar-refractivity contribution in [2.45, 2.75) is 65.7 Å². The molecule has 0 aliphatic carbocycles. The maximum Gasteiger partial charge on any atom is 0.201 e. The van der Waals surface area contributed by atoms with Crippen LogP contribution in [0.15, 0.2) is 0 Å². The lowest BCUT2D eigenvalue weighted by Crippen LogP contribution is -2.44. The molecule has 116 valence electrons. The maximum atomic E-state index is 6.16. The average Bonchev–Trinajstić information content (AvgIpc) is 2.45. The lowest BCUT2D eigenvalue weighted by molar-refractivity contribution is 0.324. The van der Waals surface area contributed by atoms with E-state index in [9.17, 15) is 0 Å². The van der Waals surface area contributed by atoms with Gasteiger partial charge in [-0.15, -0.1) is 0 Å². The highest BCUT2D eigenvalue weighted by Crippen LogP contribution is 2.27. The molecule has 0 heterocycles. The molecular formula is C14H34O2SSi2. The lowest BCUT2D eigenvalue weighted by Gasteiger charge is -2.32. The van der Waals surface area contributed by atoms with Crippen LogP contribution in [0.5, 0.6) is 0 Å². The van der Waals surface area contributed by atoms with E-state index in [0.717, 1.165) is 13.2 Å². The first kappa shape index (κ1) is 19.7. The summed E-state index contributed by atoms with van der Waals surface area (Å²) in [6.07, 6.45) is 0. The molecular weight excluding hydrogens is 288 g/mol. The van der Waals surface area contributed by atoms with Crippen molar-refractivity contribution in [3.63, 3.8) is 0 Å². The minimum Gasteiger partial charge on any atom is -0.416 e. The monoisotopic (exact) mass is 322 g/mol.